The zero-order chi connectivity index (χ0) is 20.6. The number of unbranched alkanes of at least 4 members (excludes halogenated alkanes) is 1. The van der Waals surface area contributed by atoms with Gasteiger partial charge < -0.3 is 15.8 Å². The predicted molar refractivity (Wildman–Crippen MR) is 104 cm³/mol. The van der Waals surface area contributed by atoms with E-state index in [-0.39, 0.29) is 12.3 Å². The van der Waals surface area contributed by atoms with Crippen molar-refractivity contribution < 1.29 is 19.1 Å². The molecular weight excluding hydrogens is 348 g/mol. The number of nitrogens with zero attached hydrogens (tertiary/aromatic N) is 2. The number of hydrogen-bond acceptors (Lipinski definition) is 5. The highest BCUT2D eigenvalue weighted by molar-refractivity contribution is 5.93. The van der Waals surface area contributed by atoms with Crippen LogP contribution in [0.2, 0.25) is 0 Å². The number of rotatable bonds is 9. The molecule has 1 aliphatic heterocycles. The van der Waals surface area contributed by atoms with Crippen LogP contribution < -0.4 is 11.1 Å². The van der Waals surface area contributed by atoms with Crippen LogP contribution in [0.15, 0.2) is 5.10 Å². The van der Waals surface area contributed by atoms with Gasteiger partial charge in [0.2, 0.25) is 5.91 Å². The zero-order valence-electron chi connectivity index (χ0n) is 17.2. The van der Waals surface area contributed by atoms with E-state index in [1.807, 2.05) is 0 Å². The molecule has 1 aliphatic rings. The van der Waals surface area contributed by atoms with Gasteiger partial charge >= 0.3 is 6.09 Å². The largest absolute Gasteiger partial charge is 0.444 e. The zero-order valence-corrected chi connectivity index (χ0v) is 17.2. The van der Waals surface area contributed by atoms with E-state index in [1.54, 1.807) is 20.8 Å². The van der Waals surface area contributed by atoms with E-state index in [4.69, 9.17) is 10.5 Å². The Morgan fingerprint density at radius 2 is 2.00 bits per heavy atom. The molecule has 0 aromatic rings. The summed E-state index contributed by atoms with van der Waals surface area (Å²) < 4.78 is 5.30. The van der Waals surface area contributed by atoms with Crippen LogP contribution in [0.1, 0.15) is 73.1 Å². The minimum atomic E-state index is -0.821. The van der Waals surface area contributed by atoms with Crippen molar-refractivity contribution in [3.63, 3.8) is 0 Å². The lowest BCUT2D eigenvalue weighted by molar-refractivity contribution is -0.140. The lowest BCUT2D eigenvalue weighted by Gasteiger charge is -2.29. The maximum atomic E-state index is 13.0. The molecule has 1 rings (SSSR count). The van der Waals surface area contributed by atoms with Gasteiger partial charge in [0.1, 0.15) is 17.7 Å². The van der Waals surface area contributed by atoms with Gasteiger partial charge in [-0.05, 0) is 33.1 Å². The minimum absolute atomic E-state index is 0.271. The van der Waals surface area contributed by atoms with Crippen LogP contribution >= 0.6 is 0 Å². The lowest BCUT2D eigenvalue weighted by Crippen LogP contribution is -2.52. The molecule has 0 saturated carbocycles. The molecule has 8 heteroatoms. The second-order valence-corrected chi connectivity index (χ2v) is 7.99. The van der Waals surface area contributed by atoms with Gasteiger partial charge in [-0.2, -0.15) is 5.10 Å². The molecule has 3 amide bonds. The van der Waals surface area contributed by atoms with Crippen LogP contribution in [0, 0.1) is 5.92 Å². The van der Waals surface area contributed by atoms with Crippen molar-refractivity contribution in [2.45, 2.75) is 90.8 Å². The molecule has 0 bridgehead atoms. The monoisotopic (exact) mass is 382 g/mol. The molecule has 27 heavy (non-hydrogen) atoms. The van der Waals surface area contributed by atoms with Crippen molar-refractivity contribution in [3.05, 3.63) is 0 Å². The Bertz CT molecular complexity index is 556. The number of hydrogen-bond donors (Lipinski definition) is 2. The number of nitrogens with two attached hydrogens (primary N) is 1. The van der Waals surface area contributed by atoms with Crippen LogP contribution in [0.5, 0.6) is 0 Å². The molecule has 8 nitrogen and oxygen atoms in total. The van der Waals surface area contributed by atoms with E-state index < -0.39 is 35.6 Å². The molecule has 0 radical (unpaired) electrons. The Morgan fingerprint density at radius 1 is 1.33 bits per heavy atom. The second kappa shape index (κ2) is 10.3. The molecular formula is C19H34N4O4. The Morgan fingerprint density at radius 3 is 2.52 bits per heavy atom. The lowest BCUT2D eigenvalue weighted by atomic mass is 9.91. The van der Waals surface area contributed by atoms with E-state index in [9.17, 15) is 14.4 Å². The molecule has 0 aromatic heterocycles. The van der Waals surface area contributed by atoms with Crippen molar-refractivity contribution in [2.24, 2.45) is 16.8 Å². The summed E-state index contributed by atoms with van der Waals surface area (Å²) in [5.74, 6) is -0.782. The standard InChI is InChI=1S/C19H34N4O4/c1-6-8-9-13(7-2)12-14(22-18(26)27-19(3,4)5)17(25)23-15(16(20)24)10-11-21-23/h11,13-15H,6-10,12H2,1-5H3,(H2,20,24)(H,22,26)/t13?,14-,15?/m0/s1. The average Bonchev–Trinajstić information content (AvgIpc) is 3.05. The first-order chi connectivity index (χ1) is 12.6. The first-order valence-corrected chi connectivity index (χ1v) is 9.73. The number of alkyl carbamates (subject to hydrolysis) is 1. The first-order valence-electron chi connectivity index (χ1n) is 9.73. The number of primary amides is 1. The summed E-state index contributed by atoms with van der Waals surface area (Å²) >= 11 is 0. The number of carbonyl (C=O) groups excluding carboxylic acids is 3. The van der Waals surface area contributed by atoms with E-state index in [1.165, 1.54) is 6.21 Å². The molecule has 0 spiro atoms. The van der Waals surface area contributed by atoms with Gasteiger partial charge in [0.15, 0.2) is 0 Å². The number of nitrogens with one attached hydrogen (secondary N) is 1. The Hall–Kier alpha value is -2.12. The highest BCUT2D eigenvalue weighted by Gasteiger charge is 2.37. The fraction of sp³-hybridized carbons (Fsp3) is 0.789. The SMILES string of the molecule is CCCCC(CC)C[C@H](NC(=O)OC(C)(C)C)C(=O)N1N=CCC1C(N)=O. The second-order valence-electron chi connectivity index (χ2n) is 7.99. The third-order valence-corrected chi connectivity index (χ3v) is 4.49. The summed E-state index contributed by atoms with van der Waals surface area (Å²) in [7, 11) is 0. The van der Waals surface area contributed by atoms with Crippen LogP contribution in [0.3, 0.4) is 0 Å². The molecule has 3 N–H and O–H groups in total. The number of hydrazone groups is 1. The maximum Gasteiger partial charge on any atom is 0.408 e. The predicted octanol–water partition coefficient (Wildman–Crippen LogP) is 2.56. The van der Waals surface area contributed by atoms with E-state index >= 15 is 0 Å². The Labute approximate surface area is 161 Å². The van der Waals surface area contributed by atoms with Gasteiger partial charge in [-0.1, -0.05) is 39.5 Å². The van der Waals surface area contributed by atoms with Gasteiger partial charge in [-0.25, -0.2) is 9.80 Å². The molecule has 1 heterocycles. The van der Waals surface area contributed by atoms with Crippen LogP contribution in [-0.4, -0.2) is 46.8 Å². The van der Waals surface area contributed by atoms with Gasteiger partial charge in [0.25, 0.3) is 5.91 Å². The average molecular weight is 383 g/mol. The first kappa shape index (κ1) is 22.9. The number of carbonyl (C=O) groups is 3. The molecule has 0 saturated heterocycles. The van der Waals surface area contributed by atoms with Crippen LogP contribution in [0.25, 0.3) is 0 Å². The summed E-state index contributed by atoms with van der Waals surface area (Å²) in [5, 5.41) is 7.77. The van der Waals surface area contributed by atoms with Crippen molar-refractivity contribution in [3.8, 4) is 0 Å². The fourth-order valence-corrected chi connectivity index (χ4v) is 3.01. The van der Waals surface area contributed by atoms with E-state index in [0.29, 0.717) is 6.42 Å². The summed E-state index contributed by atoms with van der Waals surface area (Å²) in [4.78, 5) is 36.9. The normalized spacial score (nSPS) is 18.9. The van der Waals surface area contributed by atoms with Gasteiger partial charge in [0, 0.05) is 12.6 Å². The molecule has 3 atom stereocenters. The summed E-state index contributed by atoms with van der Waals surface area (Å²) in [6.45, 7) is 9.45. The van der Waals surface area contributed by atoms with Crippen molar-refractivity contribution in [1.82, 2.24) is 10.3 Å². The highest BCUT2D eigenvalue weighted by atomic mass is 16.6. The van der Waals surface area contributed by atoms with Gasteiger partial charge in [-0.3, -0.25) is 9.59 Å². The Balaban J connectivity index is 2.94. The third kappa shape index (κ3) is 7.56. The van der Waals surface area contributed by atoms with E-state index in [2.05, 4.69) is 24.3 Å². The quantitative estimate of drug-likeness (QED) is 0.638. The summed E-state index contributed by atoms with van der Waals surface area (Å²) in [5.41, 5.74) is 4.70. The third-order valence-electron chi connectivity index (χ3n) is 4.49. The summed E-state index contributed by atoms with van der Waals surface area (Å²) in [6, 6.07) is -1.63. The highest BCUT2D eigenvalue weighted by Crippen LogP contribution is 2.22. The molecule has 0 aromatic carbocycles. The van der Waals surface area contributed by atoms with E-state index in [0.717, 1.165) is 30.7 Å². The van der Waals surface area contributed by atoms with Gasteiger partial charge in [-0.15, -0.1) is 0 Å². The Kier molecular flexibility index (Phi) is 8.72. The molecule has 0 aliphatic carbocycles. The molecule has 154 valence electrons. The molecule has 0 fully saturated rings. The van der Waals surface area contributed by atoms with Gasteiger partial charge in [0.05, 0.1) is 0 Å². The smallest absolute Gasteiger partial charge is 0.408 e. The van der Waals surface area contributed by atoms with Crippen LogP contribution in [-0.2, 0) is 14.3 Å². The summed E-state index contributed by atoms with van der Waals surface area (Å²) in [6.07, 6.45) is 5.56. The fourth-order valence-electron chi connectivity index (χ4n) is 3.01. The number of amides is 3. The van der Waals surface area contributed by atoms with Crippen molar-refractivity contribution >= 4 is 24.1 Å². The van der Waals surface area contributed by atoms with Crippen LogP contribution in [0.4, 0.5) is 4.79 Å². The minimum Gasteiger partial charge on any atom is -0.444 e. The number of ether oxygens (including phenoxy) is 1. The molecule has 2 unspecified atom stereocenters. The maximum absolute atomic E-state index is 13.0. The van der Waals surface area contributed by atoms with Crippen molar-refractivity contribution in [1.29, 1.82) is 0 Å². The topological polar surface area (TPSA) is 114 Å². The van der Waals surface area contributed by atoms with Crippen molar-refractivity contribution in [2.75, 3.05) is 0 Å².